The highest BCUT2D eigenvalue weighted by molar-refractivity contribution is 6.30. The lowest BCUT2D eigenvalue weighted by Gasteiger charge is -2.05. The van der Waals surface area contributed by atoms with Gasteiger partial charge in [-0.2, -0.15) is 0 Å². The lowest BCUT2D eigenvalue weighted by molar-refractivity contribution is 0.803. The molecule has 1 N–H and O–H groups in total. The van der Waals surface area contributed by atoms with Gasteiger partial charge in [0.2, 0.25) is 0 Å². The topological polar surface area (TPSA) is 50.2 Å². The smallest absolute Gasteiger partial charge is 0.276 e. The molecule has 3 aromatic rings. The first-order valence-electron chi connectivity index (χ1n) is 7.95. The van der Waals surface area contributed by atoms with E-state index in [0.717, 1.165) is 47.3 Å². The van der Waals surface area contributed by atoms with E-state index < -0.39 is 0 Å². The SMILES string of the molecule is CCCc1c(C)nc2c(-c3ccc(Cl)cc3)c(CC)[nH]n2c1=O. The highest BCUT2D eigenvalue weighted by atomic mass is 35.5. The first-order valence-corrected chi connectivity index (χ1v) is 8.33. The van der Waals surface area contributed by atoms with Crippen molar-refractivity contribution >= 4 is 17.2 Å². The van der Waals surface area contributed by atoms with Gasteiger partial charge in [-0.25, -0.2) is 9.50 Å². The van der Waals surface area contributed by atoms with Crippen LogP contribution in [0.15, 0.2) is 29.1 Å². The van der Waals surface area contributed by atoms with Crippen molar-refractivity contribution in [2.24, 2.45) is 0 Å². The first kappa shape index (κ1) is 15.8. The summed E-state index contributed by atoms with van der Waals surface area (Å²) in [5.74, 6) is 0. The lowest BCUT2D eigenvalue weighted by Crippen LogP contribution is -2.21. The van der Waals surface area contributed by atoms with Crippen LogP contribution < -0.4 is 5.56 Å². The molecule has 0 saturated heterocycles. The molecule has 0 radical (unpaired) electrons. The van der Waals surface area contributed by atoms with Crippen molar-refractivity contribution < 1.29 is 0 Å². The molecule has 0 atom stereocenters. The van der Waals surface area contributed by atoms with Crippen LogP contribution in [0.25, 0.3) is 16.8 Å². The number of aryl methyl sites for hydroxylation is 2. The molecule has 0 amide bonds. The van der Waals surface area contributed by atoms with E-state index in [1.165, 1.54) is 0 Å². The van der Waals surface area contributed by atoms with Crippen LogP contribution in [0.4, 0.5) is 0 Å². The molecule has 2 heterocycles. The Morgan fingerprint density at radius 2 is 1.91 bits per heavy atom. The monoisotopic (exact) mass is 329 g/mol. The van der Waals surface area contributed by atoms with E-state index in [9.17, 15) is 4.79 Å². The van der Waals surface area contributed by atoms with Crippen LogP contribution in [0.1, 0.15) is 37.2 Å². The Balaban J connectivity index is 2.33. The third-order valence-electron chi connectivity index (χ3n) is 4.14. The van der Waals surface area contributed by atoms with E-state index in [2.05, 4.69) is 18.9 Å². The van der Waals surface area contributed by atoms with Crippen molar-refractivity contribution in [2.45, 2.75) is 40.0 Å². The number of nitrogens with one attached hydrogen (secondary N) is 1. The Morgan fingerprint density at radius 3 is 2.52 bits per heavy atom. The zero-order valence-electron chi connectivity index (χ0n) is 13.6. The van der Waals surface area contributed by atoms with Crippen molar-refractivity contribution in [1.29, 1.82) is 0 Å². The molecule has 5 heteroatoms. The number of aromatic amines is 1. The maximum absolute atomic E-state index is 12.8. The van der Waals surface area contributed by atoms with E-state index >= 15 is 0 Å². The van der Waals surface area contributed by atoms with Crippen molar-refractivity contribution in [3.05, 3.63) is 56.6 Å². The molecule has 2 aromatic heterocycles. The van der Waals surface area contributed by atoms with Crippen LogP contribution >= 0.6 is 11.6 Å². The normalized spacial score (nSPS) is 11.3. The summed E-state index contributed by atoms with van der Waals surface area (Å²) in [5.41, 5.74) is 5.29. The first-order chi connectivity index (χ1) is 11.1. The highest BCUT2D eigenvalue weighted by Gasteiger charge is 2.18. The number of fused-ring (bicyclic) bond motifs is 1. The Bertz CT molecular complexity index is 907. The molecule has 1 aromatic carbocycles. The number of hydrogen-bond donors (Lipinski definition) is 1. The number of nitrogens with zero attached hydrogens (tertiary/aromatic N) is 2. The van der Waals surface area contributed by atoms with Crippen LogP contribution in [0, 0.1) is 6.92 Å². The summed E-state index contributed by atoms with van der Waals surface area (Å²) < 4.78 is 1.58. The van der Waals surface area contributed by atoms with Gasteiger partial charge in [-0.05, 0) is 37.5 Å². The summed E-state index contributed by atoms with van der Waals surface area (Å²) in [6.07, 6.45) is 2.47. The zero-order chi connectivity index (χ0) is 16.6. The molecule has 0 fully saturated rings. The molecule has 0 spiro atoms. The maximum Gasteiger partial charge on any atom is 0.276 e. The third-order valence-corrected chi connectivity index (χ3v) is 4.39. The number of rotatable bonds is 4. The Kier molecular flexibility index (Phi) is 4.26. The molecular formula is C18H20ClN3O. The summed E-state index contributed by atoms with van der Waals surface area (Å²) in [4.78, 5) is 17.5. The Labute approximate surface area is 140 Å². The van der Waals surface area contributed by atoms with Crippen molar-refractivity contribution in [1.82, 2.24) is 14.6 Å². The summed E-state index contributed by atoms with van der Waals surface area (Å²) in [6, 6.07) is 7.64. The Morgan fingerprint density at radius 1 is 1.22 bits per heavy atom. The summed E-state index contributed by atoms with van der Waals surface area (Å²) in [5, 5.41) is 3.92. The number of aromatic nitrogens is 3. The fraction of sp³-hybridized carbons (Fsp3) is 0.333. The molecule has 0 aliphatic carbocycles. The van der Waals surface area contributed by atoms with E-state index in [-0.39, 0.29) is 5.56 Å². The van der Waals surface area contributed by atoms with Crippen LogP contribution in [0.2, 0.25) is 5.02 Å². The molecule has 0 saturated carbocycles. The molecule has 0 bridgehead atoms. The summed E-state index contributed by atoms with van der Waals surface area (Å²) in [7, 11) is 0. The molecule has 0 aliphatic heterocycles. The van der Waals surface area contributed by atoms with Gasteiger partial charge in [-0.1, -0.05) is 44.0 Å². The van der Waals surface area contributed by atoms with Gasteiger partial charge in [0, 0.05) is 27.5 Å². The quantitative estimate of drug-likeness (QED) is 0.781. The van der Waals surface area contributed by atoms with Crippen molar-refractivity contribution in [3.8, 4) is 11.1 Å². The van der Waals surface area contributed by atoms with E-state index in [1.807, 2.05) is 31.2 Å². The standard InChI is InChI=1S/C18H20ClN3O/c1-4-6-14-11(3)20-17-16(12-7-9-13(19)10-8-12)15(5-2)21-22(17)18(14)23/h7-10,21H,4-6H2,1-3H3. The average Bonchev–Trinajstić information content (AvgIpc) is 2.91. The Hall–Kier alpha value is -2.07. The minimum absolute atomic E-state index is 0.00395. The predicted molar refractivity (Wildman–Crippen MR) is 94.4 cm³/mol. The molecule has 23 heavy (non-hydrogen) atoms. The minimum atomic E-state index is 0.00395. The fourth-order valence-corrected chi connectivity index (χ4v) is 3.10. The molecule has 3 rings (SSSR count). The minimum Gasteiger partial charge on any atom is -0.293 e. The van der Waals surface area contributed by atoms with Gasteiger partial charge in [-0.15, -0.1) is 0 Å². The van der Waals surface area contributed by atoms with Crippen LogP contribution in [0.3, 0.4) is 0 Å². The highest BCUT2D eigenvalue weighted by Crippen LogP contribution is 2.28. The summed E-state index contributed by atoms with van der Waals surface area (Å²) >= 11 is 5.99. The van der Waals surface area contributed by atoms with E-state index in [1.54, 1.807) is 4.52 Å². The second kappa shape index (κ2) is 6.20. The van der Waals surface area contributed by atoms with Crippen LogP contribution in [0.5, 0.6) is 0 Å². The van der Waals surface area contributed by atoms with Gasteiger partial charge >= 0.3 is 0 Å². The molecule has 0 aliphatic rings. The lowest BCUT2D eigenvalue weighted by atomic mass is 10.0. The largest absolute Gasteiger partial charge is 0.293 e. The van der Waals surface area contributed by atoms with E-state index in [4.69, 9.17) is 16.6 Å². The molecule has 120 valence electrons. The molecular weight excluding hydrogens is 310 g/mol. The number of hydrogen-bond acceptors (Lipinski definition) is 2. The fourth-order valence-electron chi connectivity index (χ4n) is 2.97. The van der Waals surface area contributed by atoms with Gasteiger partial charge in [0.05, 0.1) is 0 Å². The second-order valence-electron chi connectivity index (χ2n) is 5.72. The predicted octanol–water partition coefficient (Wildman–Crippen LogP) is 4.17. The molecule has 0 unspecified atom stereocenters. The number of H-pyrrole nitrogens is 1. The van der Waals surface area contributed by atoms with E-state index in [0.29, 0.717) is 10.7 Å². The zero-order valence-corrected chi connectivity index (χ0v) is 14.4. The van der Waals surface area contributed by atoms with Gasteiger partial charge in [0.1, 0.15) is 0 Å². The van der Waals surface area contributed by atoms with Gasteiger partial charge < -0.3 is 0 Å². The average molecular weight is 330 g/mol. The summed E-state index contributed by atoms with van der Waals surface area (Å²) in [6.45, 7) is 6.05. The van der Waals surface area contributed by atoms with Gasteiger partial charge in [0.15, 0.2) is 5.65 Å². The maximum atomic E-state index is 12.8. The van der Waals surface area contributed by atoms with Crippen LogP contribution in [-0.4, -0.2) is 14.6 Å². The number of benzene rings is 1. The van der Waals surface area contributed by atoms with Crippen molar-refractivity contribution in [3.63, 3.8) is 0 Å². The van der Waals surface area contributed by atoms with Crippen LogP contribution in [-0.2, 0) is 12.8 Å². The molecule has 4 nitrogen and oxygen atoms in total. The second-order valence-corrected chi connectivity index (χ2v) is 6.15. The van der Waals surface area contributed by atoms with Gasteiger partial charge in [0.25, 0.3) is 5.56 Å². The number of halogens is 1. The van der Waals surface area contributed by atoms with Gasteiger partial charge in [-0.3, -0.25) is 9.89 Å². The third kappa shape index (κ3) is 2.68. The van der Waals surface area contributed by atoms with Crippen molar-refractivity contribution in [2.75, 3.05) is 0 Å².